The summed E-state index contributed by atoms with van der Waals surface area (Å²) < 4.78 is 24.3. The molecule has 1 atom stereocenters. The van der Waals surface area contributed by atoms with Gasteiger partial charge in [-0.05, 0) is 6.92 Å². The molecule has 0 aromatic heterocycles. The minimum Gasteiger partial charge on any atom is -0.211 e. The van der Waals surface area contributed by atoms with E-state index >= 15 is 0 Å². The molecule has 0 N–H and O–H groups in total. The van der Waals surface area contributed by atoms with Crippen molar-refractivity contribution in [2.75, 3.05) is 13.1 Å². The predicted molar refractivity (Wildman–Crippen MR) is 51.4 cm³/mol. The lowest BCUT2D eigenvalue weighted by Crippen LogP contribution is -2.36. The molecular formula is C8H14N2O2S. The molecule has 0 bridgehead atoms. The topological polar surface area (TPSA) is 61.2 Å². The third-order valence-corrected chi connectivity index (χ3v) is 3.80. The average Bonchev–Trinajstić information content (AvgIpc) is 2.12. The van der Waals surface area contributed by atoms with Gasteiger partial charge in [0.15, 0.2) is 5.25 Å². The molecule has 0 aliphatic rings. The molecule has 0 heterocycles. The summed E-state index contributed by atoms with van der Waals surface area (Å²) in [6, 6.07) is 1.71. The molecule has 0 aliphatic carbocycles. The summed E-state index contributed by atoms with van der Waals surface area (Å²) in [5.41, 5.74) is 0. The third-order valence-electron chi connectivity index (χ3n) is 1.67. The summed E-state index contributed by atoms with van der Waals surface area (Å²) in [6.45, 7) is 7.18. The van der Waals surface area contributed by atoms with Crippen molar-refractivity contribution in [3.05, 3.63) is 12.7 Å². The average molecular weight is 202 g/mol. The zero-order valence-corrected chi connectivity index (χ0v) is 8.71. The Morgan fingerprint density at radius 2 is 2.23 bits per heavy atom. The lowest BCUT2D eigenvalue weighted by molar-refractivity contribution is 0.456. The molecular weight excluding hydrogens is 188 g/mol. The summed E-state index contributed by atoms with van der Waals surface area (Å²) in [4.78, 5) is 0. The van der Waals surface area contributed by atoms with Crippen molar-refractivity contribution in [1.29, 1.82) is 5.26 Å². The van der Waals surface area contributed by atoms with E-state index in [0.29, 0.717) is 6.54 Å². The van der Waals surface area contributed by atoms with Gasteiger partial charge in [0.25, 0.3) is 0 Å². The van der Waals surface area contributed by atoms with Crippen LogP contribution in [-0.4, -0.2) is 31.1 Å². The van der Waals surface area contributed by atoms with E-state index in [2.05, 4.69) is 6.58 Å². The fourth-order valence-electron chi connectivity index (χ4n) is 0.847. The Bertz CT molecular complexity index is 303. The van der Waals surface area contributed by atoms with E-state index in [9.17, 15) is 8.42 Å². The monoisotopic (exact) mass is 202 g/mol. The second kappa shape index (κ2) is 5.00. The minimum atomic E-state index is -3.46. The molecule has 4 nitrogen and oxygen atoms in total. The van der Waals surface area contributed by atoms with E-state index < -0.39 is 15.3 Å². The molecule has 0 fully saturated rings. The van der Waals surface area contributed by atoms with E-state index in [0.717, 1.165) is 0 Å². The molecule has 0 rings (SSSR count). The van der Waals surface area contributed by atoms with Crippen molar-refractivity contribution in [3.63, 3.8) is 0 Å². The van der Waals surface area contributed by atoms with Gasteiger partial charge in [0.1, 0.15) is 0 Å². The molecule has 0 saturated heterocycles. The predicted octanol–water partition coefficient (Wildman–Crippen LogP) is 0.736. The van der Waals surface area contributed by atoms with Gasteiger partial charge in [-0.3, -0.25) is 0 Å². The van der Waals surface area contributed by atoms with Crippen LogP contribution in [0.25, 0.3) is 0 Å². The summed E-state index contributed by atoms with van der Waals surface area (Å²) in [5, 5.41) is 7.51. The van der Waals surface area contributed by atoms with Gasteiger partial charge in [0.2, 0.25) is 10.0 Å². The Hall–Kier alpha value is -0.860. The maximum absolute atomic E-state index is 11.5. The Morgan fingerprint density at radius 1 is 1.69 bits per heavy atom. The van der Waals surface area contributed by atoms with E-state index in [4.69, 9.17) is 5.26 Å². The highest BCUT2D eigenvalue weighted by atomic mass is 32.2. The normalized spacial score (nSPS) is 13.7. The molecule has 0 aromatic carbocycles. The zero-order chi connectivity index (χ0) is 10.5. The van der Waals surface area contributed by atoms with E-state index in [1.807, 2.05) is 0 Å². The molecule has 74 valence electrons. The number of hydrogen-bond donors (Lipinski definition) is 0. The summed E-state index contributed by atoms with van der Waals surface area (Å²) >= 11 is 0. The van der Waals surface area contributed by atoms with Crippen molar-refractivity contribution >= 4 is 10.0 Å². The van der Waals surface area contributed by atoms with Crippen molar-refractivity contribution < 1.29 is 8.42 Å². The minimum absolute atomic E-state index is 0.255. The van der Waals surface area contributed by atoms with Crippen LogP contribution in [0.3, 0.4) is 0 Å². The summed E-state index contributed by atoms with van der Waals surface area (Å²) in [5.74, 6) is 0. The Labute approximate surface area is 79.5 Å². The molecule has 0 saturated carbocycles. The number of rotatable bonds is 5. The smallest absolute Gasteiger partial charge is 0.211 e. The fraction of sp³-hybridized carbons (Fsp3) is 0.625. The molecule has 0 aliphatic heterocycles. The number of likely N-dealkylation sites (N-methyl/N-ethyl adjacent to an activating group) is 1. The van der Waals surface area contributed by atoms with Gasteiger partial charge in [-0.2, -0.15) is 9.57 Å². The highest BCUT2D eigenvalue weighted by Gasteiger charge is 2.26. The van der Waals surface area contributed by atoms with Gasteiger partial charge in [0, 0.05) is 13.1 Å². The Kier molecular flexibility index (Phi) is 4.67. The largest absolute Gasteiger partial charge is 0.230 e. The van der Waals surface area contributed by atoms with Gasteiger partial charge >= 0.3 is 0 Å². The highest BCUT2D eigenvalue weighted by Crippen LogP contribution is 2.07. The van der Waals surface area contributed by atoms with E-state index in [1.54, 1.807) is 13.0 Å². The number of sulfonamides is 1. The molecule has 1 unspecified atom stereocenters. The summed E-state index contributed by atoms with van der Waals surface area (Å²) in [7, 11) is -3.46. The van der Waals surface area contributed by atoms with Crippen LogP contribution in [0.1, 0.15) is 13.8 Å². The lowest BCUT2D eigenvalue weighted by atomic mass is 10.5. The van der Waals surface area contributed by atoms with Crippen molar-refractivity contribution in [3.8, 4) is 6.07 Å². The van der Waals surface area contributed by atoms with Crippen molar-refractivity contribution in [2.24, 2.45) is 0 Å². The van der Waals surface area contributed by atoms with E-state index in [-0.39, 0.29) is 6.54 Å². The number of nitrogens with zero attached hydrogens (tertiary/aromatic N) is 2. The number of nitriles is 1. The van der Waals surface area contributed by atoms with Gasteiger partial charge < -0.3 is 0 Å². The summed E-state index contributed by atoms with van der Waals surface area (Å²) in [6.07, 6.45) is 1.51. The Balaban J connectivity index is 4.80. The highest BCUT2D eigenvalue weighted by molar-refractivity contribution is 7.89. The molecule has 0 amide bonds. The SMILES string of the molecule is C=CCN(CC)S(=O)(=O)C(C)C#N. The van der Waals surface area contributed by atoms with Gasteiger partial charge in [-0.15, -0.1) is 6.58 Å². The first kappa shape index (κ1) is 12.1. The van der Waals surface area contributed by atoms with Gasteiger partial charge in [0.05, 0.1) is 6.07 Å². The first-order chi connectivity index (χ1) is 6.00. The first-order valence-electron chi connectivity index (χ1n) is 4.00. The fourth-order valence-corrected chi connectivity index (χ4v) is 2.10. The maximum Gasteiger partial charge on any atom is 0.230 e. The second-order valence-corrected chi connectivity index (χ2v) is 4.81. The first-order valence-corrected chi connectivity index (χ1v) is 5.50. The zero-order valence-electron chi connectivity index (χ0n) is 7.90. The standard InChI is InChI=1S/C8H14N2O2S/c1-4-6-10(5-2)13(11,12)8(3)7-9/h4,8H,1,5-6H2,2-3H3. The molecule has 0 spiro atoms. The molecule has 13 heavy (non-hydrogen) atoms. The van der Waals surface area contributed by atoms with Crippen LogP contribution in [0.2, 0.25) is 0 Å². The van der Waals surface area contributed by atoms with Crippen molar-refractivity contribution in [2.45, 2.75) is 19.1 Å². The molecule has 5 heteroatoms. The molecule has 0 radical (unpaired) electrons. The molecule has 0 aromatic rings. The third kappa shape index (κ3) is 2.83. The van der Waals surface area contributed by atoms with Crippen molar-refractivity contribution in [1.82, 2.24) is 4.31 Å². The van der Waals surface area contributed by atoms with Crippen LogP contribution in [0, 0.1) is 11.3 Å². The van der Waals surface area contributed by atoms with Gasteiger partial charge in [-0.25, -0.2) is 8.42 Å². The van der Waals surface area contributed by atoms with Gasteiger partial charge in [-0.1, -0.05) is 13.0 Å². The lowest BCUT2D eigenvalue weighted by Gasteiger charge is -2.19. The Morgan fingerprint density at radius 3 is 2.54 bits per heavy atom. The van der Waals surface area contributed by atoms with Crippen LogP contribution in [0.4, 0.5) is 0 Å². The van der Waals surface area contributed by atoms with Crippen LogP contribution >= 0.6 is 0 Å². The van der Waals surface area contributed by atoms with Crippen LogP contribution < -0.4 is 0 Å². The maximum atomic E-state index is 11.5. The number of hydrogen-bond acceptors (Lipinski definition) is 3. The van der Waals surface area contributed by atoms with E-state index in [1.165, 1.54) is 17.3 Å². The quantitative estimate of drug-likeness (QED) is 0.618. The van der Waals surface area contributed by atoms with Crippen LogP contribution in [0.5, 0.6) is 0 Å². The van der Waals surface area contributed by atoms with Crippen LogP contribution in [-0.2, 0) is 10.0 Å². The van der Waals surface area contributed by atoms with Crippen LogP contribution in [0.15, 0.2) is 12.7 Å². The second-order valence-electron chi connectivity index (χ2n) is 2.56.